The molecular formula is C23H36O2Si. The lowest BCUT2D eigenvalue weighted by atomic mass is 9.69. The van der Waals surface area contributed by atoms with E-state index in [0.717, 1.165) is 19.4 Å². The molecule has 1 saturated carbocycles. The van der Waals surface area contributed by atoms with Crippen molar-refractivity contribution in [1.29, 1.82) is 0 Å². The van der Waals surface area contributed by atoms with Crippen molar-refractivity contribution in [2.45, 2.75) is 77.8 Å². The lowest BCUT2D eigenvalue weighted by Gasteiger charge is -2.53. The van der Waals surface area contributed by atoms with Gasteiger partial charge < -0.3 is 9.16 Å². The van der Waals surface area contributed by atoms with Crippen LogP contribution in [0.25, 0.3) is 0 Å². The Hall–Kier alpha value is -1.12. The molecule has 3 heteroatoms. The second kappa shape index (κ2) is 8.27. The highest BCUT2D eigenvalue weighted by atomic mass is 28.4. The Morgan fingerprint density at radius 2 is 1.88 bits per heavy atom. The minimum absolute atomic E-state index is 0.198. The Labute approximate surface area is 161 Å². The minimum atomic E-state index is -1.86. The molecule has 0 bridgehead atoms. The minimum Gasteiger partial charge on any atom is -0.407 e. The quantitative estimate of drug-likeness (QED) is 0.402. The maximum absolute atomic E-state index is 6.92. The van der Waals surface area contributed by atoms with Gasteiger partial charge in [0.05, 0.1) is 18.8 Å². The fraction of sp³-hybridized carbons (Fsp3) is 0.609. The summed E-state index contributed by atoms with van der Waals surface area (Å²) in [4.78, 5) is 0. The molecule has 0 radical (unpaired) electrons. The third kappa shape index (κ3) is 5.20. The van der Waals surface area contributed by atoms with Crippen molar-refractivity contribution >= 4 is 8.32 Å². The summed E-state index contributed by atoms with van der Waals surface area (Å²) in [5.74, 6) is 0.409. The Balaban J connectivity index is 2.11. The summed E-state index contributed by atoms with van der Waals surface area (Å²) in [6, 6.07) is 10.4. The Bertz CT molecular complexity index is 647. The van der Waals surface area contributed by atoms with Gasteiger partial charge in [0.2, 0.25) is 0 Å². The molecule has 0 spiro atoms. The van der Waals surface area contributed by atoms with Crippen LogP contribution < -0.4 is 0 Å². The van der Waals surface area contributed by atoms with Gasteiger partial charge in [-0.1, -0.05) is 51.1 Å². The highest BCUT2D eigenvalue weighted by molar-refractivity contribution is 6.74. The Morgan fingerprint density at radius 1 is 1.23 bits per heavy atom. The van der Waals surface area contributed by atoms with Gasteiger partial charge in [0.15, 0.2) is 8.32 Å². The summed E-state index contributed by atoms with van der Waals surface area (Å²) >= 11 is 0. The first-order valence-corrected chi connectivity index (χ1v) is 12.7. The van der Waals surface area contributed by atoms with Crippen LogP contribution in [-0.4, -0.2) is 20.5 Å². The number of hydrogen-bond donors (Lipinski definition) is 0. The molecule has 0 aliphatic heterocycles. The van der Waals surface area contributed by atoms with Crippen molar-refractivity contribution in [2.24, 2.45) is 5.92 Å². The first-order valence-electron chi connectivity index (χ1n) is 9.79. The van der Waals surface area contributed by atoms with Crippen molar-refractivity contribution in [2.75, 3.05) is 6.61 Å². The van der Waals surface area contributed by atoms with Gasteiger partial charge in [0, 0.05) is 5.92 Å². The van der Waals surface area contributed by atoms with E-state index in [1.54, 1.807) is 0 Å². The smallest absolute Gasteiger partial charge is 0.193 e. The lowest BCUT2D eigenvalue weighted by Crippen LogP contribution is -2.57. The molecule has 1 aliphatic rings. The molecule has 1 aromatic carbocycles. The molecule has 26 heavy (non-hydrogen) atoms. The standard InChI is InChI=1S/C23H36O2Si/c1-19(2)13-15-23(25-26(6,7)22(3,4)5)16-14-21(23)18-24-17-20-11-9-8-10-12-20/h8-12,15,21H,14,16-18H2,1-7H3/t21-,23-/m0/s1. The SMILES string of the molecule is CC(C)=C=C[C@]1(O[Si](C)(C)C(C)(C)C)CC[C@H]1COCc1ccccc1. The molecule has 1 aromatic rings. The maximum Gasteiger partial charge on any atom is 0.193 e. The van der Waals surface area contributed by atoms with Crippen LogP contribution >= 0.6 is 0 Å². The van der Waals surface area contributed by atoms with Gasteiger partial charge in [0.1, 0.15) is 0 Å². The molecule has 0 amide bonds. The van der Waals surface area contributed by atoms with Gasteiger partial charge in [-0.05, 0) is 62.0 Å². The number of benzene rings is 1. The monoisotopic (exact) mass is 372 g/mol. The van der Waals surface area contributed by atoms with Gasteiger partial charge in [-0.2, -0.15) is 0 Å². The summed E-state index contributed by atoms with van der Waals surface area (Å²) in [6.45, 7) is 17.2. The number of rotatable bonds is 7. The van der Waals surface area contributed by atoms with Crippen molar-refractivity contribution in [3.05, 3.63) is 53.3 Å². The van der Waals surface area contributed by atoms with E-state index in [2.05, 4.69) is 83.8 Å². The van der Waals surface area contributed by atoms with Crippen LogP contribution in [0.5, 0.6) is 0 Å². The first-order chi connectivity index (χ1) is 12.1. The molecule has 0 saturated heterocycles. The topological polar surface area (TPSA) is 18.5 Å². The fourth-order valence-electron chi connectivity index (χ4n) is 3.00. The second-order valence-electron chi connectivity index (χ2n) is 9.34. The second-order valence-corrected chi connectivity index (χ2v) is 14.1. The van der Waals surface area contributed by atoms with Crippen LogP contribution in [-0.2, 0) is 15.8 Å². The van der Waals surface area contributed by atoms with Crippen LogP contribution in [0, 0.1) is 5.92 Å². The maximum atomic E-state index is 6.92. The summed E-state index contributed by atoms with van der Waals surface area (Å²) in [7, 11) is -1.86. The average Bonchev–Trinajstić information content (AvgIpc) is 2.54. The van der Waals surface area contributed by atoms with Crippen LogP contribution in [0.3, 0.4) is 0 Å². The molecule has 2 rings (SSSR count). The van der Waals surface area contributed by atoms with Crippen LogP contribution in [0.4, 0.5) is 0 Å². The molecule has 144 valence electrons. The highest BCUT2D eigenvalue weighted by Gasteiger charge is 2.52. The van der Waals surface area contributed by atoms with Gasteiger partial charge in [-0.25, -0.2) is 0 Å². The van der Waals surface area contributed by atoms with E-state index in [4.69, 9.17) is 9.16 Å². The first kappa shape index (κ1) is 21.2. The van der Waals surface area contributed by atoms with Gasteiger partial charge in [0.25, 0.3) is 0 Å². The van der Waals surface area contributed by atoms with Crippen molar-refractivity contribution < 1.29 is 9.16 Å². The fourth-order valence-corrected chi connectivity index (χ4v) is 4.58. The summed E-state index contributed by atoms with van der Waals surface area (Å²) in [5, 5.41) is 0.198. The molecular weight excluding hydrogens is 336 g/mol. The third-order valence-electron chi connectivity index (χ3n) is 5.86. The van der Waals surface area contributed by atoms with Crippen LogP contribution in [0.2, 0.25) is 18.1 Å². The molecule has 0 N–H and O–H groups in total. The zero-order valence-corrected chi connectivity index (χ0v) is 18.7. The normalized spacial score (nSPS) is 23.1. The highest BCUT2D eigenvalue weighted by Crippen LogP contribution is 2.49. The molecule has 2 atom stereocenters. The van der Waals surface area contributed by atoms with Crippen LogP contribution in [0.1, 0.15) is 53.0 Å². The molecule has 0 aromatic heterocycles. The van der Waals surface area contributed by atoms with E-state index in [1.165, 1.54) is 11.1 Å². The van der Waals surface area contributed by atoms with Gasteiger partial charge >= 0.3 is 0 Å². The number of ether oxygens (including phenoxy) is 1. The third-order valence-corrected chi connectivity index (χ3v) is 10.4. The van der Waals surface area contributed by atoms with E-state index in [1.807, 2.05) is 6.07 Å². The van der Waals surface area contributed by atoms with Gasteiger partial charge in [-0.3, -0.25) is 0 Å². The molecule has 2 nitrogen and oxygen atoms in total. The predicted molar refractivity (Wildman–Crippen MR) is 113 cm³/mol. The summed E-state index contributed by atoms with van der Waals surface area (Å²) < 4.78 is 13.0. The largest absolute Gasteiger partial charge is 0.407 e. The molecule has 1 aliphatic carbocycles. The molecule has 0 heterocycles. The lowest BCUT2D eigenvalue weighted by molar-refractivity contribution is -0.0803. The zero-order valence-electron chi connectivity index (χ0n) is 17.7. The Kier molecular flexibility index (Phi) is 6.74. The van der Waals surface area contributed by atoms with E-state index in [0.29, 0.717) is 12.5 Å². The Morgan fingerprint density at radius 3 is 2.38 bits per heavy atom. The zero-order chi connectivity index (χ0) is 19.4. The van der Waals surface area contributed by atoms with Crippen molar-refractivity contribution in [1.82, 2.24) is 0 Å². The van der Waals surface area contributed by atoms with Gasteiger partial charge in [-0.15, -0.1) is 5.73 Å². The van der Waals surface area contributed by atoms with Crippen LogP contribution in [0.15, 0.2) is 47.7 Å². The van der Waals surface area contributed by atoms with Crippen molar-refractivity contribution in [3.63, 3.8) is 0 Å². The van der Waals surface area contributed by atoms with Crippen molar-refractivity contribution in [3.8, 4) is 0 Å². The van der Waals surface area contributed by atoms with E-state index in [-0.39, 0.29) is 10.6 Å². The van der Waals surface area contributed by atoms with E-state index >= 15 is 0 Å². The number of hydrogen-bond acceptors (Lipinski definition) is 2. The molecule has 1 fully saturated rings. The summed E-state index contributed by atoms with van der Waals surface area (Å²) in [5.41, 5.74) is 5.64. The summed E-state index contributed by atoms with van der Waals surface area (Å²) in [6.07, 6.45) is 4.42. The predicted octanol–water partition coefficient (Wildman–Crippen LogP) is 6.50. The average molecular weight is 373 g/mol. The van der Waals surface area contributed by atoms with E-state index < -0.39 is 8.32 Å². The van der Waals surface area contributed by atoms with E-state index in [9.17, 15) is 0 Å². The molecule has 0 unspecified atom stereocenters.